The van der Waals surface area contributed by atoms with Gasteiger partial charge in [0, 0.05) is 5.97 Å². The molecule has 0 saturated heterocycles. The molecular weight excluding hydrogens is 420 g/mol. The Kier molecular flexibility index (Phi) is 26.9. The van der Waals surface area contributed by atoms with Gasteiger partial charge in [-0.1, -0.05) is 63.3 Å². The van der Waals surface area contributed by atoms with Crippen LogP contribution < -0.4 is 16.6 Å². The molecule has 7 N–H and O–H groups in total. The molecule has 0 bridgehead atoms. The van der Waals surface area contributed by atoms with Gasteiger partial charge in [-0.15, -0.1) is 0 Å². The molecule has 33 heavy (non-hydrogen) atoms. The molecule has 0 fully saturated rings. The molecule has 7 heteroatoms. The number of hydrogen-bond donors (Lipinski definition) is 4. The van der Waals surface area contributed by atoms with Crippen molar-refractivity contribution in [2.75, 3.05) is 6.54 Å². The molecule has 0 saturated carbocycles. The van der Waals surface area contributed by atoms with Crippen LogP contribution in [-0.2, 0) is 9.59 Å². The Hall–Kier alpha value is -1.70. The van der Waals surface area contributed by atoms with Crippen molar-refractivity contribution in [2.45, 2.75) is 122 Å². The maximum atomic E-state index is 10.2. The number of aliphatic hydroxyl groups excluding tert-OH is 1. The first-order valence-electron chi connectivity index (χ1n) is 12.8. The number of quaternary nitrogens is 1. The van der Waals surface area contributed by atoms with Crippen LogP contribution in [0.4, 0.5) is 0 Å². The van der Waals surface area contributed by atoms with Gasteiger partial charge in [-0.05, 0) is 70.6 Å². The molecule has 194 valence electrons. The van der Waals surface area contributed by atoms with Crippen molar-refractivity contribution in [3.63, 3.8) is 0 Å². The fourth-order valence-electron chi connectivity index (χ4n) is 3.08. The van der Waals surface area contributed by atoms with E-state index < -0.39 is 18.0 Å². The third-order valence-electron chi connectivity index (χ3n) is 5.20. The molecule has 0 heterocycles. The first-order chi connectivity index (χ1) is 15.8. The number of hydrogen-bond acceptors (Lipinski definition) is 5. The third kappa shape index (κ3) is 30.3. The van der Waals surface area contributed by atoms with Gasteiger partial charge >= 0.3 is 5.97 Å². The topological polar surface area (TPSA) is 151 Å². The summed E-state index contributed by atoms with van der Waals surface area (Å²) in [4.78, 5) is 20.4. The van der Waals surface area contributed by atoms with Crippen LogP contribution in [0.1, 0.15) is 110 Å². The zero-order valence-electron chi connectivity index (χ0n) is 20.9. The number of unbranched alkanes of at least 4 members (excludes halogenated alkanes) is 9. The summed E-state index contributed by atoms with van der Waals surface area (Å²) in [7, 11) is 0. The van der Waals surface area contributed by atoms with Crippen LogP contribution in [0.3, 0.4) is 0 Å². The van der Waals surface area contributed by atoms with E-state index in [0.29, 0.717) is 12.8 Å². The summed E-state index contributed by atoms with van der Waals surface area (Å²) in [5.74, 6) is -1.87. The van der Waals surface area contributed by atoms with Crippen LogP contribution in [0.25, 0.3) is 0 Å². The van der Waals surface area contributed by atoms with Crippen molar-refractivity contribution in [2.24, 2.45) is 5.73 Å². The molecule has 0 aromatic heterocycles. The highest BCUT2D eigenvalue weighted by atomic mass is 16.4. The predicted octanol–water partition coefficient (Wildman–Crippen LogP) is 3.11. The zero-order valence-corrected chi connectivity index (χ0v) is 20.9. The van der Waals surface area contributed by atoms with Gasteiger partial charge in [-0.25, -0.2) is 0 Å². The summed E-state index contributed by atoms with van der Waals surface area (Å²) in [5, 5.41) is 28.2. The average molecular weight is 471 g/mol. The molecule has 0 aromatic rings. The van der Waals surface area contributed by atoms with Crippen LogP contribution in [0.2, 0.25) is 0 Å². The molecule has 2 atom stereocenters. The molecular formula is C26H50N2O5. The lowest BCUT2D eigenvalue weighted by atomic mass is 10.1. The molecule has 0 rings (SSSR count). The van der Waals surface area contributed by atoms with E-state index in [2.05, 4.69) is 30.9 Å². The van der Waals surface area contributed by atoms with Crippen LogP contribution in [0, 0.1) is 0 Å². The van der Waals surface area contributed by atoms with E-state index >= 15 is 0 Å². The highest BCUT2D eigenvalue weighted by Crippen LogP contribution is 2.09. The van der Waals surface area contributed by atoms with Gasteiger partial charge in [0.1, 0.15) is 6.04 Å². The quantitative estimate of drug-likeness (QED) is 0.149. The fraction of sp³-hybridized carbons (Fsp3) is 0.769. The maximum absolute atomic E-state index is 10.2. The first-order valence-corrected chi connectivity index (χ1v) is 12.8. The van der Waals surface area contributed by atoms with E-state index in [0.717, 1.165) is 57.9 Å². The van der Waals surface area contributed by atoms with E-state index in [-0.39, 0.29) is 12.5 Å². The van der Waals surface area contributed by atoms with E-state index in [1.165, 1.54) is 32.1 Å². The van der Waals surface area contributed by atoms with Gasteiger partial charge < -0.3 is 31.6 Å². The average Bonchev–Trinajstić information content (AvgIpc) is 2.78. The molecule has 0 aliphatic rings. The number of allylic oxidation sites excluding steroid dienone is 3. The van der Waals surface area contributed by atoms with Crippen molar-refractivity contribution in [1.29, 1.82) is 0 Å². The lowest BCUT2D eigenvalue weighted by Gasteiger charge is -2.03. The molecule has 0 aromatic carbocycles. The molecule has 7 nitrogen and oxygen atoms in total. The Morgan fingerprint density at radius 3 is 2.00 bits per heavy atom. The fourth-order valence-corrected chi connectivity index (χ4v) is 3.08. The van der Waals surface area contributed by atoms with Gasteiger partial charge in [-0.3, -0.25) is 4.79 Å². The minimum atomic E-state index is -0.955. The number of carboxylic acids is 2. The lowest BCUT2D eigenvalue weighted by Crippen LogP contribution is -2.50. The predicted molar refractivity (Wildman–Crippen MR) is 132 cm³/mol. The van der Waals surface area contributed by atoms with E-state index in [1.54, 1.807) is 0 Å². The van der Waals surface area contributed by atoms with Crippen LogP contribution in [0.15, 0.2) is 24.3 Å². The number of rotatable bonds is 21. The standard InChI is InChI=1S/C20H36O3.C6H14N2O2/c1-2-3-16-19(21)17-14-12-10-8-6-4-5-7-9-11-13-15-18-20(22)23;7-4-2-1-3-5(8)6(9)10/h9,11,14,17,19,21H,2-8,10,12-13,15-16,18H2,1H3,(H,22,23);5H,1-4,7-8H2,(H,9,10)/b11-9-,17-14-;/t19-;/m1./s1. The second-order valence-electron chi connectivity index (χ2n) is 8.51. The van der Waals surface area contributed by atoms with Gasteiger partial charge in [-0.2, -0.15) is 0 Å². The smallest absolute Gasteiger partial charge is 0.320 e. The van der Waals surface area contributed by atoms with E-state index in [9.17, 15) is 19.8 Å². The number of nitrogens with two attached hydrogens (primary N) is 1. The second-order valence-corrected chi connectivity index (χ2v) is 8.51. The summed E-state index contributed by atoms with van der Waals surface area (Å²) in [6.07, 6.45) is 23.6. The van der Waals surface area contributed by atoms with Crippen molar-refractivity contribution < 1.29 is 30.6 Å². The largest absolute Gasteiger partial charge is 0.550 e. The maximum Gasteiger partial charge on any atom is 0.320 e. The summed E-state index contributed by atoms with van der Waals surface area (Å²) >= 11 is 0. The zero-order chi connectivity index (χ0) is 25.2. The van der Waals surface area contributed by atoms with E-state index in [4.69, 9.17) is 10.8 Å². The number of carboxylic acid groups (broad SMARTS) is 2. The SMILES string of the molecule is CCCC[C@@H](O)/C=C\CCCCCCC/C=C\CCCC(=O)[O-].NC(CCCC[NH3+])C(=O)O. The highest BCUT2D eigenvalue weighted by Gasteiger charge is 2.09. The Balaban J connectivity index is 0. The van der Waals surface area contributed by atoms with Crippen molar-refractivity contribution in [1.82, 2.24) is 0 Å². The number of carbonyl (C=O) groups is 2. The third-order valence-corrected chi connectivity index (χ3v) is 5.20. The molecule has 0 aliphatic carbocycles. The highest BCUT2D eigenvalue weighted by molar-refractivity contribution is 5.72. The van der Waals surface area contributed by atoms with Crippen LogP contribution in [-0.4, -0.2) is 40.8 Å². The Morgan fingerprint density at radius 1 is 0.879 bits per heavy atom. The van der Waals surface area contributed by atoms with Gasteiger partial charge in [0.15, 0.2) is 0 Å². The Bertz CT molecular complexity index is 509. The molecule has 0 radical (unpaired) electrons. The van der Waals surface area contributed by atoms with Crippen molar-refractivity contribution >= 4 is 11.9 Å². The number of aliphatic hydroxyl groups is 1. The lowest BCUT2D eigenvalue weighted by molar-refractivity contribution is -0.368. The number of carbonyl (C=O) groups excluding carboxylic acids is 1. The minimum Gasteiger partial charge on any atom is -0.550 e. The van der Waals surface area contributed by atoms with E-state index in [1.807, 2.05) is 6.08 Å². The van der Waals surface area contributed by atoms with Gasteiger partial charge in [0.25, 0.3) is 0 Å². The Morgan fingerprint density at radius 2 is 1.45 bits per heavy atom. The summed E-state index contributed by atoms with van der Waals surface area (Å²) in [6, 6.07) is -0.688. The molecule has 0 aliphatic heterocycles. The second kappa shape index (κ2) is 26.6. The van der Waals surface area contributed by atoms with Gasteiger partial charge in [0.2, 0.25) is 0 Å². The number of aliphatic carboxylic acids is 2. The van der Waals surface area contributed by atoms with Crippen LogP contribution in [0.5, 0.6) is 0 Å². The molecule has 0 amide bonds. The molecule has 1 unspecified atom stereocenters. The Labute approximate surface area is 201 Å². The van der Waals surface area contributed by atoms with Gasteiger partial charge in [0.05, 0.1) is 12.6 Å². The summed E-state index contributed by atoms with van der Waals surface area (Å²) < 4.78 is 0. The monoisotopic (exact) mass is 470 g/mol. The minimum absolute atomic E-state index is 0.161. The van der Waals surface area contributed by atoms with Crippen molar-refractivity contribution in [3.05, 3.63) is 24.3 Å². The summed E-state index contributed by atoms with van der Waals surface area (Å²) in [5.41, 5.74) is 8.88. The van der Waals surface area contributed by atoms with Crippen molar-refractivity contribution in [3.8, 4) is 0 Å². The first kappa shape index (κ1) is 33.5. The summed E-state index contributed by atoms with van der Waals surface area (Å²) in [6.45, 7) is 3.00. The molecule has 0 spiro atoms. The normalized spacial score (nSPS) is 13.1. The van der Waals surface area contributed by atoms with Crippen LogP contribution >= 0.6 is 0 Å².